The van der Waals surface area contributed by atoms with Crippen molar-refractivity contribution >= 4 is 5.97 Å². The largest absolute Gasteiger partial charge is 0.432 e. The van der Waals surface area contributed by atoms with Crippen LogP contribution in [0.5, 0.6) is 0 Å². The molecule has 0 spiro atoms. The van der Waals surface area contributed by atoms with Gasteiger partial charge in [0, 0.05) is 0 Å². The molecular formula is C14H16O2. The van der Waals surface area contributed by atoms with E-state index < -0.39 is 0 Å². The number of carbonyl (C=O) groups is 1. The number of rotatable bonds is 4. The highest BCUT2D eigenvalue weighted by Gasteiger charge is 2.51. The molecule has 84 valence electrons. The predicted molar refractivity (Wildman–Crippen MR) is 62.7 cm³/mol. The molecule has 0 N–H and O–H groups in total. The molecule has 0 atom stereocenters. The molecule has 1 aliphatic rings. The zero-order chi connectivity index (χ0) is 11.6. The summed E-state index contributed by atoms with van der Waals surface area (Å²) in [5.41, 5.74) is 0.916. The molecule has 2 heteroatoms. The second-order valence-corrected chi connectivity index (χ2v) is 4.53. The van der Waals surface area contributed by atoms with Gasteiger partial charge >= 0.3 is 5.97 Å². The summed E-state index contributed by atoms with van der Waals surface area (Å²) < 4.78 is 5.12. The smallest absolute Gasteiger partial charge is 0.317 e. The summed E-state index contributed by atoms with van der Waals surface area (Å²) in [6, 6.07) is 10.1. The minimum absolute atomic E-state index is 0.121. The van der Waals surface area contributed by atoms with Crippen molar-refractivity contribution in [2.45, 2.75) is 26.2 Å². The maximum atomic E-state index is 11.9. The average Bonchev–Trinajstić information content (AvgIpc) is 2.99. The first kappa shape index (κ1) is 10.9. The van der Waals surface area contributed by atoms with Crippen LogP contribution >= 0.6 is 0 Å². The van der Waals surface area contributed by atoms with Gasteiger partial charge in [-0.05, 0) is 31.7 Å². The molecule has 1 fully saturated rings. The SMILES string of the molecule is C=C(C)OC(=O)C1(Cc2ccccc2)CC1. The molecule has 1 saturated carbocycles. The molecule has 0 heterocycles. The Morgan fingerprint density at radius 3 is 2.50 bits per heavy atom. The molecule has 0 amide bonds. The van der Waals surface area contributed by atoms with Crippen molar-refractivity contribution in [1.29, 1.82) is 0 Å². The zero-order valence-electron chi connectivity index (χ0n) is 9.53. The first-order chi connectivity index (χ1) is 7.62. The van der Waals surface area contributed by atoms with Gasteiger partial charge in [-0.25, -0.2) is 0 Å². The number of esters is 1. The first-order valence-corrected chi connectivity index (χ1v) is 5.54. The lowest BCUT2D eigenvalue weighted by atomic mass is 9.97. The van der Waals surface area contributed by atoms with E-state index in [1.54, 1.807) is 6.92 Å². The lowest BCUT2D eigenvalue weighted by molar-refractivity contribution is -0.145. The van der Waals surface area contributed by atoms with Gasteiger partial charge in [-0.1, -0.05) is 36.9 Å². The summed E-state index contributed by atoms with van der Waals surface area (Å²) in [5.74, 6) is 0.355. The molecule has 1 aromatic rings. The first-order valence-electron chi connectivity index (χ1n) is 5.54. The minimum Gasteiger partial charge on any atom is -0.432 e. The van der Waals surface area contributed by atoms with Crippen molar-refractivity contribution < 1.29 is 9.53 Å². The highest BCUT2D eigenvalue weighted by atomic mass is 16.5. The molecule has 0 aliphatic heterocycles. The summed E-state index contributed by atoms with van der Waals surface area (Å²) >= 11 is 0. The van der Waals surface area contributed by atoms with Crippen molar-refractivity contribution in [2.75, 3.05) is 0 Å². The van der Waals surface area contributed by atoms with E-state index in [4.69, 9.17) is 4.74 Å². The fourth-order valence-electron chi connectivity index (χ4n) is 1.86. The summed E-state index contributed by atoms with van der Waals surface area (Å²) in [6.45, 7) is 5.31. The van der Waals surface area contributed by atoms with Gasteiger partial charge in [0.2, 0.25) is 0 Å². The number of allylic oxidation sites excluding steroid dienone is 1. The molecule has 2 nitrogen and oxygen atoms in total. The average molecular weight is 216 g/mol. The Balaban J connectivity index is 2.04. The third kappa shape index (κ3) is 2.32. The Kier molecular flexibility index (Phi) is 2.82. The standard InChI is InChI=1S/C14H16O2/c1-11(2)16-13(15)14(8-9-14)10-12-6-4-3-5-7-12/h3-7H,1,8-10H2,2H3. The van der Waals surface area contributed by atoms with Crippen molar-refractivity contribution in [3.63, 3.8) is 0 Å². The van der Waals surface area contributed by atoms with Crippen molar-refractivity contribution in [3.8, 4) is 0 Å². The van der Waals surface area contributed by atoms with Crippen LogP contribution in [-0.2, 0) is 16.0 Å². The van der Waals surface area contributed by atoms with Crippen molar-refractivity contribution in [1.82, 2.24) is 0 Å². The van der Waals surface area contributed by atoms with Crippen LogP contribution < -0.4 is 0 Å². The quantitative estimate of drug-likeness (QED) is 0.571. The highest BCUT2D eigenvalue weighted by molar-refractivity contribution is 5.81. The molecular weight excluding hydrogens is 200 g/mol. The number of ether oxygens (including phenoxy) is 1. The third-order valence-corrected chi connectivity index (χ3v) is 2.94. The van der Waals surface area contributed by atoms with Crippen LogP contribution in [0, 0.1) is 5.41 Å². The van der Waals surface area contributed by atoms with Gasteiger partial charge < -0.3 is 4.74 Å². The van der Waals surface area contributed by atoms with E-state index >= 15 is 0 Å². The van der Waals surface area contributed by atoms with Gasteiger partial charge in [-0.15, -0.1) is 0 Å². The molecule has 2 rings (SSSR count). The summed E-state index contributed by atoms with van der Waals surface area (Å²) in [5, 5.41) is 0. The van der Waals surface area contributed by atoms with Gasteiger partial charge in [0.15, 0.2) is 0 Å². The van der Waals surface area contributed by atoms with E-state index in [1.807, 2.05) is 30.3 Å². The van der Waals surface area contributed by atoms with Crippen LogP contribution in [0.3, 0.4) is 0 Å². The van der Waals surface area contributed by atoms with Crippen LogP contribution in [-0.4, -0.2) is 5.97 Å². The molecule has 0 unspecified atom stereocenters. The van der Waals surface area contributed by atoms with Gasteiger partial charge in [-0.3, -0.25) is 4.79 Å². The molecule has 0 radical (unpaired) electrons. The van der Waals surface area contributed by atoms with E-state index in [0.717, 1.165) is 19.3 Å². The van der Waals surface area contributed by atoms with Crippen LogP contribution in [0.2, 0.25) is 0 Å². The van der Waals surface area contributed by atoms with E-state index in [2.05, 4.69) is 6.58 Å². The third-order valence-electron chi connectivity index (χ3n) is 2.94. The normalized spacial score (nSPS) is 16.6. The monoisotopic (exact) mass is 216 g/mol. The maximum absolute atomic E-state index is 11.9. The molecule has 1 aliphatic carbocycles. The minimum atomic E-state index is -0.277. The lowest BCUT2D eigenvalue weighted by Gasteiger charge is -2.13. The summed E-state index contributed by atoms with van der Waals surface area (Å²) in [6.07, 6.45) is 2.63. The Bertz CT molecular complexity index is 402. The second-order valence-electron chi connectivity index (χ2n) is 4.53. The zero-order valence-corrected chi connectivity index (χ0v) is 9.53. The molecule has 0 saturated heterocycles. The second kappa shape index (κ2) is 4.12. The molecule has 1 aromatic carbocycles. The molecule has 16 heavy (non-hydrogen) atoms. The number of hydrogen-bond acceptors (Lipinski definition) is 2. The van der Waals surface area contributed by atoms with Crippen LogP contribution in [0.25, 0.3) is 0 Å². The Hall–Kier alpha value is -1.57. The maximum Gasteiger partial charge on any atom is 0.317 e. The highest BCUT2D eigenvalue weighted by Crippen LogP contribution is 2.49. The summed E-state index contributed by atoms with van der Waals surface area (Å²) in [7, 11) is 0. The van der Waals surface area contributed by atoms with Crippen LogP contribution in [0.1, 0.15) is 25.3 Å². The Morgan fingerprint density at radius 2 is 2.00 bits per heavy atom. The van der Waals surface area contributed by atoms with Crippen LogP contribution in [0.4, 0.5) is 0 Å². The lowest BCUT2D eigenvalue weighted by Crippen LogP contribution is -2.20. The predicted octanol–water partition coefficient (Wildman–Crippen LogP) is 3.09. The summed E-state index contributed by atoms with van der Waals surface area (Å²) in [4.78, 5) is 11.9. The molecule has 0 bridgehead atoms. The Labute approximate surface area is 95.9 Å². The van der Waals surface area contributed by atoms with Crippen LogP contribution in [0.15, 0.2) is 42.7 Å². The van der Waals surface area contributed by atoms with Crippen molar-refractivity contribution in [2.24, 2.45) is 5.41 Å². The number of benzene rings is 1. The number of carbonyl (C=O) groups excluding carboxylic acids is 1. The van der Waals surface area contributed by atoms with E-state index in [9.17, 15) is 4.79 Å². The van der Waals surface area contributed by atoms with Gasteiger partial charge in [0.05, 0.1) is 11.2 Å². The van der Waals surface area contributed by atoms with Gasteiger partial charge in [0.1, 0.15) is 0 Å². The fourth-order valence-corrected chi connectivity index (χ4v) is 1.86. The van der Waals surface area contributed by atoms with E-state index in [1.165, 1.54) is 5.56 Å². The van der Waals surface area contributed by atoms with E-state index in [0.29, 0.717) is 5.76 Å². The topological polar surface area (TPSA) is 26.3 Å². The van der Waals surface area contributed by atoms with Crippen molar-refractivity contribution in [3.05, 3.63) is 48.2 Å². The van der Waals surface area contributed by atoms with Gasteiger partial charge in [0.25, 0.3) is 0 Å². The Morgan fingerprint density at radius 1 is 1.38 bits per heavy atom. The van der Waals surface area contributed by atoms with Gasteiger partial charge in [-0.2, -0.15) is 0 Å². The number of hydrogen-bond donors (Lipinski definition) is 0. The molecule has 0 aromatic heterocycles. The fraction of sp³-hybridized carbons (Fsp3) is 0.357. The van der Waals surface area contributed by atoms with E-state index in [-0.39, 0.29) is 11.4 Å².